The molecule has 0 saturated heterocycles. The molecule has 55 heavy (non-hydrogen) atoms. The summed E-state index contributed by atoms with van der Waals surface area (Å²) in [5.41, 5.74) is 0. The minimum Gasteiger partial charge on any atom is -0.668 e. The molecular formula is C51H85Hf3N-6. The Labute approximate surface area is 406 Å². The van der Waals surface area contributed by atoms with Crippen LogP contribution in [0.5, 0.6) is 0 Å². The third-order valence-electron chi connectivity index (χ3n) is 6.59. The van der Waals surface area contributed by atoms with Gasteiger partial charge in [-0.2, -0.15) is 50.5 Å². The van der Waals surface area contributed by atoms with Crippen molar-refractivity contribution in [2.75, 3.05) is 14.1 Å². The number of hydrogen-bond donors (Lipinski definition) is 0. The first-order valence-electron chi connectivity index (χ1n) is 17.5. The smallest absolute Gasteiger partial charge is 0.668 e. The van der Waals surface area contributed by atoms with Crippen LogP contribution in [0, 0.1) is 64.5 Å². The summed E-state index contributed by atoms with van der Waals surface area (Å²) in [6, 6.07) is 24.5. The first-order valence-corrected chi connectivity index (χ1v) is 17.5. The van der Waals surface area contributed by atoms with Crippen molar-refractivity contribution in [3.63, 3.8) is 0 Å². The van der Waals surface area contributed by atoms with Gasteiger partial charge < -0.3 is 57.3 Å². The summed E-state index contributed by atoms with van der Waals surface area (Å²) in [6.45, 7) is 0. The second-order valence-corrected chi connectivity index (χ2v) is 10.9. The molecule has 2 aromatic rings. The van der Waals surface area contributed by atoms with E-state index in [0.29, 0.717) is 0 Å². The van der Waals surface area contributed by atoms with Crippen molar-refractivity contribution in [1.29, 1.82) is 0 Å². The van der Waals surface area contributed by atoms with Gasteiger partial charge >= 0.3 is 25.8 Å². The first-order chi connectivity index (χ1) is 22.4. The van der Waals surface area contributed by atoms with Gasteiger partial charge in [-0.05, 0) is 96.3 Å². The van der Waals surface area contributed by atoms with Crippen LogP contribution in [0.3, 0.4) is 0 Å². The summed E-state index contributed by atoms with van der Waals surface area (Å²) in [4.78, 5) is 0. The third-order valence-corrected chi connectivity index (χ3v) is 6.59. The van der Waals surface area contributed by atoms with Crippen molar-refractivity contribution in [3.8, 4) is 0 Å². The molecule has 1 nitrogen and oxygen atoms in total. The van der Waals surface area contributed by atoms with E-state index in [4.69, 9.17) is 0 Å². The van der Waals surface area contributed by atoms with Gasteiger partial charge in [0.25, 0.3) is 0 Å². The van der Waals surface area contributed by atoms with E-state index in [1.807, 2.05) is 66.7 Å². The number of allylic oxidation sites excluding steroid dienone is 12. The zero-order valence-corrected chi connectivity index (χ0v) is 48.1. The second kappa shape index (κ2) is 81.5. The second-order valence-electron chi connectivity index (χ2n) is 10.9. The van der Waals surface area contributed by atoms with Crippen LogP contribution < -0.4 is 0 Å². The van der Waals surface area contributed by atoms with Gasteiger partial charge in [-0.25, -0.2) is 18.6 Å². The first kappa shape index (κ1) is 82.3. The van der Waals surface area contributed by atoms with E-state index in [1.54, 1.807) is 14.1 Å². The largest absolute Gasteiger partial charge is 4.00 e. The number of benzene rings is 2. The van der Waals surface area contributed by atoms with Gasteiger partial charge in [-0.3, -0.25) is 0 Å². The molecule has 0 bridgehead atoms. The van der Waals surface area contributed by atoms with Crippen LogP contribution in [0.25, 0.3) is 5.32 Å². The van der Waals surface area contributed by atoms with Crippen molar-refractivity contribution in [3.05, 3.63) is 209 Å². The topological polar surface area (TPSA) is 14.1 Å². The Morgan fingerprint density at radius 1 is 0.364 bits per heavy atom. The van der Waals surface area contributed by atoms with Gasteiger partial charge in [0.2, 0.25) is 0 Å². The summed E-state index contributed by atoms with van der Waals surface area (Å²) < 4.78 is 0. The fraction of sp³-hybridized carbons (Fsp3) is 0.373. The fourth-order valence-electron chi connectivity index (χ4n) is 4.15. The Kier molecular flexibility index (Phi) is 122. The fourth-order valence-corrected chi connectivity index (χ4v) is 4.15. The Balaban J connectivity index is -0.0000000432. The van der Waals surface area contributed by atoms with Gasteiger partial charge in [-0.1, -0.05) is 97.2 Å². The van der Waals surface area contributed by atoms with Gasteiger partial charge in [-0.15, -0.1) is 12.8 Å². The number of hydrogen-bond acceptors (Lipinski definition) is 0. The maximum Gasteiger partial charge on any atom is 4.00 e. The van der Waals surface area contributed by atoms with Crippen LogP contribution in [0.15, 0.2) is 140 Å². The normalized spacial score (nSPS) is 13.3. The van der Waals surface area contributed by atoms with E-state index in [-0.39, 0.29) is 130 Å². The molecule has 0 heterocycles. The van der Waals surface area contributed by atoms with Crippen LogP contribution in [-0.4, -0.2) is 14.1 Å². The SMILES string of the molecule is C1=CCCC1.C1=CCCC1.C1=CCCC1.C1=CCCC1.C1=CCCC1.C1=CCC[CH-]1.C[N-]C.[CH3-].[CH3-].[CH3-].[CH3-].[CH3-].[CH3-].[CH3-].[Hf+4].[Hf].[Hf].[c-]1ccccc1.c1ccccc1. The summed E-state index contributed by atoms with van der Waals surface area (Å²) >= 11 is 0. The zero-order valence-electron chi connectivity index (χ0n) is 37.3. The molecule has 0 atom stereocenters. The molecule has 2 aromatic carbocycles. The minimum absolute atomic E-state index is 0. The predicted molar refractivity (Wildman–Crippen MR) is 249 cm³/mol. The molecule has 6 aliphatic rings. The molecule has 0 aliphatic heterocycles. The molecule has 0 spiro atoms. The van der Waals surface area contributed by atoms with Crippen LogP contribution in [0.4, 0.5) is 0 Å². The van der Waals surface area contributed by atoms with Crippen LogP contribution in [-0.2, 0) is 77.5 Å². The molecule has 0 unspecified atom stereocenters. The predicted octanol–water partition coefficient (Wildman–Crippen LogP) is 17.1. The molecule has 312 valence electrons. The van der Waals surface area contributed by atoms with Crippen molar-refractivity contribution >= 4 is 0 Å². The molecule has 0 fully saturated rings. The Morgan fingerprint density at radius 3 is 0.655 bits per heavy atom. The summed E-state index contributed by atoms with van der Waals surface area (Å²) in [7, 11) is 3.50. The van der Waals surface area contributed by atoms with Crippen LogP contribution >= 0.6 is 0 Å². The Morgan fingerprint density at radius 2 is 0.582 bits per heavy atom. The Hall–Kier alpha value is -0.680. The van der Waals surface area contributed by atoms with Crippen molar-refractivity contribution in [1.82, 2.24) is 0 Å². The minimum atomic E-state index is 0. The van der Waals surface area contributed by atoms with Crippen molar-refractivity contribution in [2.24, 2.45) is 0 Å². The molecule has 0 amide bonds. The summed E-state index contributed by atoms with van der Waals surface area (Å²) in [6.07, 6.45) is 51.5. The molecule has 4 heteroatoms. The Bertz CT molecular complexity index is 721. The number of nitrogens with zero attached hydrogens (tertiary/aromatic N) is 1. The van der Waals surface area contributed by atoms with E-state index >= 15 is 0 Å². The van der Waals surface area contributed by atoms with E-state index in [0.717, 1.165) is 0 Å². The van der Waals surface area contributed by atoms with Gasteiger partial charge in [0, 0.05) is 51.7 Å². The van der Waals surface area contributed by atoms with Gasteiger partial charge in [0.05, 0.1) is 0 Å². The molecule has 0 saturated carbocycles. The van der Waals surface area contributed by atoms with E-state index < -0.39 is 0 Å². The van der Waals surface area contributed by atoms with Crippen molar-refractivity contribution < 1.29 is 77.5 Å². The van der Waals surface area contributed by atoms with E-state index in [9.17, 15) is 0 Å². The monoisotopic (exact) mass is 1250 g/mol. The van der Waals surface area contributed by atoms with Gasteiger partial charge in [0.1, 0.15) is 0 Å². The van der Waals surface area contributed by atoms with E-state index in [2.05, 4.69) is 90.7 Å². The quantitative estimate of drug-likeness (QED) is 0.142. The van der Waals surface area contributed by atoms with Crippen LogP contribution in [0.2, 0.25) is 0 Å². The maximum atomic E-state index is 3.50. The molecule has 0 radical (unpaired) electrons. The summed E-state index contributed by atoms with van der Waals surface area (Å²) in [5.74, 6) is 0. The van der Waals surface area contributed by atoms with Crippen LogP contribution in [0.1, 0.15) is 109 Å². The zero-order chi connectivity index (χ0) is 32.4. The standard InChI is InChI=1S/C6H6.C6H5.5C5H8.C5H7.C2H6N.7CH3.3Hf/c2*1-2-4-6-5-3-1;6*1-2-4-5-3-1;1-3-2;;;;;;;;;;/h1-6H;1-5H;5*1-2H,3-5H2;1-3H,4-5H2;1-2H3;7*1H3;;;/q;-1;;;;;;9*-1;;;+4. The molecule has 0 N–H and O–H groups in total. The molecule has 0 aromatic heterocycles. The van der Waals surface area contributed by atoms with Gasteiger partial charge in [0.15, 0.2) is 0 Å². The molecule has 8 rings (SSSR count). The molecule has 6 aliphatic carbocycles. The maximum absolute atomic E-state index is 3.50. The molecular weight excluding hydrogens is 1160 g/mol. The average Bonchev–Trinajstić information content (AvgIpc) is 4.00. The average molecular weight is 1250 g/mol. The van der Waals surface area contributed by atoms with Crippen molar-refractivity contribution in [2.45, 2.75) is 109 Å². The third kappa shape index (κ3) is 82.3. The summed E-state index contributed by atoms with van der Waals surface area (Å²) in [5, 5.41) is 3.50. The van der Waals surface area contributed by atoms with E-state index in [1.165, 1.54) is 109 Å². The number of rotatable bonds is 0.